The number of hydrogen-bond acceptors (Lipinski definition) is 1. The van der Waals surface area contributed by atoms with Crippen molar-refractivity contribution in [1.82, 2.24) is 0 Å². The number of rotatable bonds is 3. The number of benzene rings is 2. The molecule has 0 bridgehead atoms. The Labute approximate surface area is 102 Å². The van der Waals surface area contributed by atoms with Crippen molar-refractivity contribution in [3.05, 3.63) is 47.5 Å². The second kappa shape index (κ2) is 4.66. The lowest BCUT2D eigenvalue weighted by molar-refractivity contribution is -0.136. The van der Waals surface area contributed by atoms with E-state index in [4.69, 9.17) is 5.11 Å². The van der Waals surface area contributed by atoms with E-state index in [1.54, 1.807) is 0 Å². The van der Waals surface area contributed by atoms with E-state index < -0.39 is 5.97 Å². The average molecular weight is 279 g/mol. The Morgan fingerprint density at radius 1 is 1.12 bits per heavy atom. The van der Waals surface area contributed by atoms with E-state index in [0.29, 0.717) is 5.33 Å². The van der Waals surface area contributed by atoms with Gasteiger partial charge in [0.1, 0.15) is 0 Å². The lowest BCUT2D eigenvalue weighted by atomic mass is 10.00. The Balaban J connectivity index is 2.58. The van der Waals surface area contributed by atoms with Gasteiger partial charge in [-0.25, -0.2) is 0 Å². The molecule has 0 heterocycles. The monoisotopic (exact) mass is 278 g/mol. The van der Waals surface area contributed by atoms with Crippen LogP contribution < -0.4 is 0 Å². The fourth-order valence-electron chi connectivity index (χ4n) is 1.79. The molecule has 2 aromatic carbocycles. The number of fused-ring (bicyclic) bond motifs is 1. The number of carboxylic acid groups (broad SMARTS) is 1. The van der Waals surface area contributed by atoms with Crippen LogP contribution in [0.2, 0.25) is 0 Å². The van der Waals surface area contributed by atoms with Crippen LogP contribution in [0.4, 0.5) is 0 Å². The van der Waals surface area contributed by atoms with Crippen LogP contribution in [0.1, 0.15) is 11.1 Å². The molecule has 0 saturated carbocycles. The number of aliphatic carboxylic acids is 1. The molecular weight excluding hydrogens is 268 g/mol. The van der Waals surface area contributed by atoms with Gasteiger partial charge in [-0.1, -0.05) is 52.3 Å². The molecule has 1 N–H and O–H groups in total. The van der Waals surface area contributed by atoms with Crippen molar-refractivity contribution in [1.29, 1.82) is 0 Å². The highest BCUT2D eigenvalue weighted by atomic mass is 79.9. The molecular formula is C13H11BrO2. The first kappa shape index (κ1) is 11.1. The minimum Gasteiger partial charge on any atom is -0.481 e. The van der Waals surface area contributed by atoms with Gasteiger partial charge in [0.05, 0.1) is 6.42 Å². The normalized spacial score (nSPS) is 10.6. The molecule has 0 spiro atoms. The Kier molecular flexibility index (Phi) is 3.25. The Morgan fingerprint density at radius 2 is 1.69 bits per heavy atom. The molecule has 82 valence electrons. The first-order valence-corrected chi connectivity index (χ1v) is 6.11. The lowest BCUT2D eigenvalue weighted by Gasteiger charge is -2.07. The van der Waals surface area contributed by atoms with E-state index in [0.717, 1.165) is 21.9 Å². The molecule has 0 atom stereocenters. The molecule has 0 aromatic heterocycles. The molecule has 3 heteroatoms. The van der Waals surface area contributed by atoms with Crippen molar-refractivity contribution in [3.8, 4) is 0 Å². The van der Waals surface area contributed by atoms with E-state index in [1.807, 2.05) is 36.4 Å². The molecule has 0 aliphatic carbocycles. The summed E-state index contributed by atoms with van der Waals surface area (Å²) in [4.78, 5) is 10.8. The standard InChI is InChI=1S/C13H11BrO2/c14-8-12-6-10-4-2-1-3-9(10)5-11(12)7-13(15)16/h1-6H,7-8H2,(H,15,16). The summed E-state index contributed by atoms with van der Waals surface area (Å²) in [6.45, 7) is 0. The number of alkyl halides is 1. The van der Waals surface area contributed by atoms with Gasteiger partial charge < -0.3 is 5.11 Å². The summed E-state index contributed by atoms with van der Waals surface area (Å²) >= 11 is 3.39. The second-order valence-corrected chi connectivity index (χ2v) is 4.23. The largest absolute Gasteiger partial charge is 0.481 e. The van der Waals surface area contributed by atoms with E-state index >= 15 is 0 Å². The number of hydrogen-bond donors (Lipinski definition) is 1. The highest BCUT2D eigenvalue weighted by molar-refractivity contribution is 9.08. The highest BCUT2D eigenvalue weighted by Crippen LogP contribution is 2.22. The zero-order chi connectivity index (χ0) is 11.5. The van der Waals surface area contributed by atoms with Crippen molar-refractivity contribution in [2.75, 3.05) is 0 Å². The van der Waals surface area contributed by atoms with Gasteiger partial charge in [0.2, 0.25) is 0 Å². The van der Waals surface area contributed by atoms with Gasteiger partial charge >= 0.3 is 5.97 Å². The van der Waals surface area contributed by atoms with Gasteiger partial charge in [-0.05, 0) is 21.9 Å². The van der Waals surface area contributed by atoms with Gasteiger partial charge in [-0.3, -0.25) is 4.79 Å². The minimum absolute atomic E-state index is 0.0752. The highest BCUT2D eigenvalue weighted by Gasteiger charge is 2.07. The summed E-state index contributed by atoms with van der Waals surface area (Å²) in [5, 5.41) is 11.8. The summed E-state index contributed by atoms with van der Waals surface area (Å²) in [5.74, 6) is -0.794. The van der Waals surface area contributed by atoms with Gasteiger partial charge in [0.15, 0.2) is 0 Å². The van der Waals surface area contributed by atoms with Crippen molar-refractivity contribution in [2.45, 2.75) is 11.8 Å². The quantitative estimate of drug-likeness (QED) is 0.875. The third-order valence-corrected chi connectivity index (χ3v) is 3.16. The maximum absolute atomic E-state index is 10.8. The van der Waals surface area contributed by atoms with Crippen molar-refractivity contribution < 1.29 is 9.90 Å². The molecule has 0 unspecified atom stereocenters. The fourth-order valence-corrected chi connectivity index (χ4v) is 2.31. The first-order valence-electron chi connectivity index (χ1n) is 4.99. The van der Waals surface area contributed by atoms with Crippen LogP contribution in [-0.4, -0.2) is 11.1 Å². The zero-order valence-electron chi connectivity index (χ0n) is 8.61. The smallest absolute Gasteiger partial charge is 0.307 e. The molecule has 2 rings (SSSR count). The van der Waals surface area contributed by atoms with Gasteiger partial charge in [0, 0.05) is 5.33 Å². The van der Waals surface area contributed by atoms with E-state index in [9.17, 15) is 4.79 Å². The second-order valence-electron chi connectivity index (χ2n) is 3.67. The third-order valence-electron chi connectivity index (χ3n) is 2.55. The van der Waals surface area contributed by atoms with Crippen molar-refractivity contribution in [2.24, 2.45) is 0 Å². The number of carboxylic acids is 1. The minimum atomic E-state index is -0.794. The van der Waals surface area contributed by atoms with Crippen LogP contribution in [0.5, 0.6) is 0 Å². The average Bonchev–Trinajstić information content (AvgIpc) is 2.27. The Bertz CT molecular complexity index is 534. The maximum atomic E-state index is 10.8. The van der Waals surface area contributed by atoms with Crippen LogP contribution >= 0.6 is 15.9 Å². The topological polar surface area (TPSA) is 37.3 Å². The maximum Gasteiger partial charge on any atom is 0.307 e. The molecule has 0 saturated heterocycles. The molecule has 2 nitrogen and oxygen atoms in total. The fraction of sp³-hybridized carbons (Fsp3) is 0.154. The van der Waals surface area contributed by atoms with E-state index in [1.165, 1.54) is 0 Å². The van der Waals surface area contributed by atoms with Crippen molar-refractivity contribution in [3.63, 3.8) is 0 Å². The summed E-state index contributed by atoms with van der Waals surface area (Å²) in [7, 11) is 0. The summed E-state index contributed by atoms with van der Waals surface area (Å²) in [6, 6.07) is 12.0. The van der Waals surface area contributed by atoms with Gasteiger partial charge in [-0.15, -0.1) is 0 Å². The molecule has 0 fully saturated rings. The summed E-state index contributed by atoms with van der Waals surface area (Å²) in [6.07, 6.45) is 0.0752. The van der Waals surface area contributed by atoms with Crippen LogP contribution in [0, 0.1) is 0 Å². The van der Waals surface area contributed by atoms with Crippen LogP contribution in [-0.2, 0) is 16.5 Å². The molecule has 0 radical (unpaired) electrons. The van der Waals surface area contributed by atoms with Crippen molar-refractivity contribution >= 4 is 32.7 Å². The van der Waals surface area contributed by atoms with E-state index in [-0.39, 0.29) is 6.42 Å². The molecule has 2 aromatic rings. The molecule has 16 heavy (non-hydrogen) atoms. The van der Waals surface area contributed by atoms with Crippen LogP contribution in [0.25, 0.3) is 10.8 Å². The zero-order valence-corrected chi connectivity index (χ0v) is 10.2. The van der Waals surface area contributed by atoms with Crippen LogP contribution in [0.15, 0.2) is 36.4 Å². The molecule has 0 aliphatic heterocycles. The predicted octanol–water partition coefficient (Wildman–Crippen LogP) is 3.36. The van der Waals surface area contributed by atoms with Gasteiger partial charge in [-0.2, -0.15) is 0 Å². The Morgan fingerprint density at radius 3 is 2.19 bits per heavy atom. The molecule has 0 amide bonds. The van der Waals surface area contributed by atoms with E-state index in [2.05, 4.69) is 15.9 Å². The third kappa shape index (κ3) is 2.25. The van der Waals surface area contributed by atoms with Gasteiger partial charge in [0.25, 0.3) is 0 Å². The lowest BCUT2D eigenvalue weighted by Crippen LogP contribution is -2.02. The molecule has 0 aliphatic rings. The predicted molar refractivity (Wildman–Crippen MR) is 67.9 cm³/mol. The summed E-state index contributed by atoms with van der Waals surface area (Å²) in [5.41, 5.74) is 1.92. The first-order chi connectivity index (χ1) is 7.70. The van der Waals surface area contributed by atoms with Crippen LogP contribution in [0.3, 0.4) is 0 Å². The summed E-state index contributed by atoms with van der Waals surface area (Å²) < 4.78 is 0. The SMILES string of the molecule is O=C(O)Cc1cc2ccccc2cc1CBr. The Hall–Kier alpha value is -1.35. The number of halogens is 1. The number of carbonyl (C=O) groups is 1.